The fourth-order valence-corrected chi connectivity index (χ4v) is 3.07. The van der Waals surface area contributed by atoms with Gasteiger partial charge in [0.15, 0.2) is 0 Å². The Kier molecular flexibility index (Phi) is 3.72. The molecule has 0 spiro atoms. The fourth-order valence-electron chi connectivity index (χ4n) is 1.81. The first-order chi connectivity index (χ1) is 6.86. The van der Waals surface area contributed by atoms with E-state index in [1.807, 2.05) is 11.8 Å². The highest BCUT2D eigenvalue weighted by Gasteiger charge is 2.27. The van der Waals surface area contributed by atoms with Gasteiger partial charge in [-0.25, -0.2) is 0 Å². The average Bonchev–Trinajstić information content (AvgIpc) is 2.42. The van der Waals surface area contributed by atoms with Crippen molar-refractivity contribution in [3.63, 3.8) is 0 Å². The minimum Gasteiger partial charge on any atom is -0.338 e. The van der Waals surface area contributed by atoms with E-state index >= 15 is 0 Å². The Morgan fingerprint density at radius 3 is 1.67 bits per heavy atom. The lowest BCUT2D eigenvalue weighted by Gasteiger charge is -2.17. The second kappa shape index (κ2) is 4.48. The molecule has 1 saturated heterocycles. The van der Waals surface area contributed by atoms with E-state index < -0.39 is 0 Å². The van der Waals surface area contributed by atoms with Gasteiger partial charge in [-0.1, -0.05) is 22.9 Å². The predicted molar refractivity (Wildman–Crippen MR) is 70.5 cm³/mol. The van der Waals surface area contributed by atoms with Crippen molar-refractivity contribution in [2.45, 2.75) is 41.5 Å². The van der Waals surface area contributed by atoms with Crippen molar-refractivity contribution in [3.05, 3.63) is 32.4 Å². The molecule has 1 fully saturated rings. The van der Waals surface area contributed by atoms with Crippen molar-refractivity contribution in [1.29, 1.82) is 0 Å². The summed E-state index contributed by atoms with van der Waals surface area (Å²) >= 11 is 1.90. The van der Waals surface area contributed by atoms with Gasteiger partial charge in [-0.3, -0.25) is 0 Å². The third-order valence-corrected chi connectivity index (χ3v) is 4.09. The number of hydrogen-bond donors (Lipinski definition) is 0. The average molecular weight is 223 g/mol. The number of likely N-dealkylation sites (N-methyl/N-ethyl adjacent to an activating group) is 1. The van der Waals surface area contributed by atoms with Crippen LogP contribution in [0, 0.1) is 0 Å². The van der Waals surface area contributed by atoms with E-state index in [1.165, 1.54) is 32.4 Å². The van der Waals surface area contributed by atoms with Gasteiger partial charge >= 0.3 is 0 Å². The van der Waals surface area contributed by atoms with Gasteiger partial charge < -0.3 is 4.90 Å². The maximum absolute atomic E-state index is 2.32. The highest BCUT2D eigenvalue weighted by atomic mass is 32.2. The molecule has 0 aliphatic carbocycles. The van der Waals surface area contributed by atoms with Gasteiger partial charge in [0.05, 0.1) is 10.7 Å². The molecule has 0 aromatic carbocycles. The molecule has 1 aliphatic heterocycles. The highest BCUT2D eigenvalue weighted by molar-refractivity contribution is 8.07. The number of thioether (sulfide) groups is 1. The van der Waals surface area contributed by atoms with Crippen molar-refractivity contribution >= 4 is 11.8 Å². The van der Waals surface area contributed by atoms with Crippen LogP contribution in [-0.4, -0.2) is 11.9 Å². The van der Waals surface area contributed by atoms with E-state index in [-0.39, 0.29) is 0 Å². The van der Waals surface area contributed by atoms with Gasteiger partial charge in [0, 0.05) is 12.0 Å². The quantitative estimate of drug-likeness (QED) is 0.594. The third kappa shape index (κ3) is 2.31. The summed E-state index contributed by atoms with van der Waals surface area (Å²) in [5.74, 6) is 0. The van der Waals surface area contributed by atoms with E-state index in [4.69, 9.17) is 0 Å². The van der Waals surface area contributed by atoms with E-state index in [0.717, 1.165) is 0 Å². The first-order valence-electron chi connectivity index (χ1n) is 5.30. The SMILES string of the molecule is CC(C)=C1SC(=C(C)C)N(C)C1=C(C)C. The van der Waals surface area contributed by atoms with Gasteiger partial charge in [-0.15, -0.1) is 0 Å². The van der Waals surface area contributed by atoms with E-state index in [0.29, 0.717) is 0 Å². The van der Waals surface area contributed by atoms with E-state index in [9.17, 15) is 0 Å². The molecule has 1 heterocycles. The molecule has 1 nitrogen and oxygen atoms in total. The van der Waals surface area contributed by atoms with Crippen LogP contribution in [0.1, 0.15) is 41.5 Å². The van der Waals surface area contributed by atoms with Crippen LogP contribution in [0.25, 0.3) is 0 Å². The summed E-state index contributed by atoms with van der Waals surface area (Å²) in [6.45, 7) is 13.1. The number of rotatable bonds is 0. The monoisotopic (exact) mass is 223 g/mol. The number of allylic oxidation sites excluding steroid dienone is 3. The summed E-state index contributed by atoms with van der Waals surface area (Å²) < 4.78 is 0. The summed E-state index contributed by atoms with van der Waals surface area (Å²) in [5, 5.41) is 1.38. The van der Waals surface area contributed by atoms with Crippen LogP contribution in [0.3, 0.4) is 0 Å². The Bertz CT molecular complexity index is 360. The van der Waals surface area contributed by atoms with Crippen LogP contribution >= 0.6 is 11.8 Å². The predicted octanol–water partition coefficient (Wildman–Crippen LogP) is 4.50. The van der Waals surface area contributed by atoms with Gasteiger partial charge in [-0.05, 0) is 47.1 Å². The maximum atomic E-state index is 2.32. The summed E-state index contributed by atoms with van der Waals surface area (Å²) in [4.78, 5) is 3.74. The molecule has 0 bridgehead atoms. The largest absolute Gasteiger partial charge is 0.338 e. The zero-order chi connectivity index (χ0) is 11.7. The molecular formula is C13H21NS. The van der Waals surface area contributed by atoms with Crippen LogP contribution in [0.2, 0.25) is 0 Å². The minimum atomic E-state index is 1.38. The van der Waals surface area contributed by atoms with Crippen molar-refractivity contribution in [3.8, 4) is 0 Å². The van der Waals surface area contributed by atoms with Crippen LogP contribution in [0.5, 0.6) is 0 Å². The molecule has 0 atom stereocenters. The molecule has 0 unspecified atom stereocenters. The smallest absolute Gasteiger partial charge is 0.0785 e. The summed E-state index contributed by atoms with van der Waals surface area (Å²) in [6, 6.07) is 0. The molecule has 1 rings (SSSR count). The zero-order valence-electron chi connectivity index (χ0n) is 10.9. The molecule has 84 valence electrons. The molecule has 0 aromatic rings. The maximum Gasteiger partial charge on any atom is 0.0785 e. The molecule has 0 N–H and O–H groups in total. The Morgan fingerprint density at radius 2 is 1.40 bits per heavy atom. The summed E-state index contributed by atoms with van der Waals surface area (Å²) in [6.07, 6.45) is 0. The zero-order valence-corrected chi connectivity index (χ0v) is 11.7. The lowest BCUT2D eigenvalue weighted by Crippen LogP contribution is -2.11. The number of hydrogen-bond acceptors (Lipinski definition) is 2. The lowest BCUT2D eigenvalue weighted by molar-refractivity contribution is 0.569. The second-order valence-electron chi connectivity index (χ2n) is 4.64. The lowest BCUT2D eigenvalue weighted by atomic mass is 10.2. The fraction of sp³-hybridized carbons (Fsp3) is 0.538. The second-order valence-corrected chi connectivity index (χ2v) is 5.64. The molecule has 2 heteroatoms. The third-order valence-electron chi connectivity index (χ3n) is 2.41. The highest BCUT2D eigenvalue weighted by Crippen LogP contribution is 2.47. The first kappa shape index (κ1) is 12.4. The van der Waals surface area contributed by atoms with Crippen LogP contribution < -0.4 is 0 Å². The Balaban J connectivity index is 3.36. The Labute approximate surface area is 97.9 Å². The Morgan fingerprint density at radius 1 is 0.867 bits per heavy atom. The minimum absolute atomic E-state index is 1.38. The van der Waals surface area contributed by atoms with E-state index in [1.54, 1.807) is 0 Å². The standard InChI is InChI=1S/C13H21NS/c1-8(2)11-12(9(3)4)15-13(10(5)6)14(11)7/h1-7H3. The van der Waals surface area contributed by atoms with Gasteiger partial charge in [0.1, 0.15) is 0 Å². The molecule has 0 amide bonds. The summed E-state index contributed by atoms with van der Waals surface area (Å²) in [5.41, 5.74) is 5.56. The first-order valence-corrected chi connectivity index (χ1v) is 6.12. The normalized spacial score (nSPS) is 16.2. The molecular weight excluding hydrogens is 202 g/mol. The molecule has 1 aliphatic rings. The van der Waals surface area contributed by atoms with Crippen LogP contribution in [0.15, 0.2) is 32.4 Å². The van der Waals surface area contributed by atoms with E-state index in [2.05, 4.69) is 53.5 Å². The van der Waals surface area contributed by atoms with Crippen LogP contribution in [0.4, 0.5) is 0 Å². The number of nitrogens with zero attached hydrogens (tertiary/aromatic N) is 1. The van der Waals surface area contributed by atoms with Crippen molar-refractivity contribution in [2.75, 3.05) is 7.05 Å². The Hall–Kier alpha value is -0.630. The topological polar surface area (TPSA) is 3.24 Å². The van der Waals surface area contributed by atoms with Crippen LogP contribution in [-0.2, 0) is 0 Å². The van der Waals surface area contributed by atoms with Crippen molar-refractivity contribution in [1.82, 2.24) is 4.90 Å². The van der Waals surface area contributed by atoms with Gasteiger partial charge in [0.25, 0.3) is 0 Å². The van der Waals surface area contributed by atoms with Gasteiger partial charge in [0.2, 0.25) is 0 Å². The summed E-state index contributed by atoms with van der Waals surface area (Å²) in [7, 11) is 2.16. The molecule has 0 aromatic heterocycles. The molecule has 15 heavy (non-hydrogen) atoms. The van der Waals surface area contributed by atoms with Crippen molar-refractivity contribution in [2.24, 2.45) is 0 Å². The molecule has 0 radical (unpaired) electrons. The molecule has 0 saturated carbocycles. The van der Waals surface area contributed by atoms with Crippen molar-refractivity contribution < 1.29 is 0 Å². The van der Waals surface area contributed by atoms with Gasteiger partial charge in [-0.2, -0.15) is 0 Å².